The first-order valence-electron chi connectivity index (χ1n) is 5.59. The van der Waals surface area contributed by atoms with Gasteiger partial charge in [0, 0.05) is 26.1 Å². The van der Waals surface area contributed by atoms with Gasteiger partial charge in [0.05, 0.1) is 6.10 Å². The van der Waals surface area contributed by atoms with Crippen LogP contribution in [0.1, 0.15) is 12.8 Å². The monoisotopic (exact) mass is 271 g/mol. The van der Waals surface area contributed by atoms with Crippen LogP contribution >= 0.6 is 0 Å². The molecule has 1 fully saturated rings. The van der Waals surface area contributed by atoms with Gasteiger partial charge in [-0.1, -0.05) is 0 Å². The summed E-state index contributed by atoms with van der Waals surface area (Å²) in [5, 5.41) is 18.2. The van der Waals surface area contributed by atoms with Crippen LogP contribution < -0.4 is 0 Å². The summed E-state index contributed by atoms with van der Waals surface area (Å²) in [6.07, 6.45) is -4.58. The van der Waals surface area contributed by atoms with Crippen LogP contribution in [0.5, 0.6) is 0 Å². The number of aliphatic carboxylic acids is 1. The van der Waals surface area contributed by atoms with Crippen molar-refractivity contribution >= 4 is 5.97 Å². The summed E-state index contributed by atoms with van der Waals surface area (Å²) in [4.78, 5) is 12.4. The van der Waals surface area contributed by atoms with Crippen LogP contribution in [0.25, 0.3) is 0 Å². The molecule has 2 unspecified atom stereocenters. The second-order valence-corrected chi connectivity index (χ2v) is 4.26. The molecule has 1 aliphatic rings. The molecule has 0 aromatic heterocycles. The van der Waals surface area contributed by atoms with Gasteiger partial charge in [0.1, 0.15) is 12.6 Å². The number of hydrogen-bond donors (Lipinski definition) is 2. The molecule has 2 atom stereocenters. The predicted octanol–water partition coefficient (Wildman–Crippen LogP) is 0.475. The highest BCUT2D eigenvalue weighted by atomic mass is 19.4. The maximum atomic E-state index is 11.8. The van der Waals surface area contributed by atoms with Crippen LogP contribution in [0.2, 0.25) is 0 Å². The molecule has 8 heteroatoms. The molecule has 0 aromatic carbocycles. The summed E-state index contributed by atoms with van der Waals surface area (Å²) in [5.41, 5.74) is 0. The molecule has 1 aliphatic heterocycles. The summed E-state index contributed by atoms with van der Waals surface area (Å²) >= 11 is 0. The van der Waals surface area contributed by atoms with E-state index in [0.717, 1.165) is 0 Å². The van der Waals surface area contributed by atoms with E-state index in [4.69, 9.17) is 5.11 Å². The smallest absolute Gasteiger partial charge is 0.411 e. The number of carboxylic acids is 1. The minimum absolute atomic E-state index is 0.0849. The maximum Gasteiger partial charge on any atom is 0.411 e. The third-order valence-corrected chi connectivity index (χ3v) is 2.67. The molecule has 0 bridgehead atoms. The van der Waals surface area contributed by atoms with Gasteiger partial charge in [-0.2, -0.15) is 13.2 Å². The van der Waals surface area contributed by atoms with Gasteiger partial charge < -0.3 is 14.9 Å². The van der Waals surface area contributed by atoms with E-state index in [1.165, 1.54) is 0 Å². The number of alkyl halides is 3. The van der Waals surface area contributed by atoms with Crippen LogP contribution in [0.3, 0.4) is 0 Å². The van der Waals surface area contributed by atoms with Crippen LogP contribution in [-0.4, -0.2) is 65.7 Å². The first kappa shape index (κ1) is 15.2. The summed E-state index contributed by atoms with van der Waals surface area (Å²) in [6.45, 7) is -0.849. The molecule has 1 saturated heterocycles. The lowest BCUT2D eigenvalue weighted by Gasteiger charge is -2.20. The predicted molar refractivity (Wildman–Crippen MR) is 55.1 cm³/mol. The SMILES string of the molecule is O=C(O)C1CC(O)CN1CCCOCC(F)(F)F. The fraction of sp³-hybridized carbons (Fsp3) is 0.900. The number of likely N-dealkylation sites (tertiary alicyclic amines) is 1. The van der Waals surface area contributed by atoms with Gasteiger partial charge in [0.2, 0.25) is 0 Å². The lowest BCUT2D eigenvalue weighted by Crippen LogP contribution is -2.37. The molecule has 2 N–H and O–H groups in total. The highest BCUT2D eigenvalue weighted by Crippen LogP contribution is 2.18. The molecule has 1 rings (SSSR count). The normalized spacial score (nSPS) is 25.6. The highest BCUT2D eigenvalue weighted by Gasteiger charge is 2.35. The maximum absolute atomic E-state index is 11.8. The fourth-order valence-electron chi connectivity index (χ4n) is 1.94. The quantitative estimate of drug-likeness (QED) is 0.687. The van der Waals surface area contributed by atoms with Crippen LogP contribution in [0, 0.1) is 0 Å². The van der Waals surface area contributed by atoms with E-state index >= 15 is 0 Å². The third-order valence-electron chi connectivity index (χ3n) is 2.67. The molecule has 0 aliphatic carbocycles. The van der Waals surface area contributed by atoms with E-state index < -0.39 is 30.9 Å². The standard InChI is InChI=1S/C10H16F3NO4/c11-10(12,13)6-18-3-1-2-14-5-7(15)4-8(14)9(16)17/h7-8,15H,1-6H2,(H,16,17). The summed E-state index contributed by atoms with van der Waals surface area (Å²) in [6, 6.07) is -0.761. The average Bonchev–Trinajstić information content (AvgIpc) is 2.57. The largest absolute Gasteiger partial charge is 0.480 e. The summed E-state index contributed by atoms with van der Waals surface area (Å²) in [5.74, 6) is -1.03. The summed E-state index contributed by atoms with van der Waals surface area (Å²) in [7, 11) is 0. The van der Waals surface area contributed by atoms with Crippen molar-refractivity contribution in [3.8, 4) is 0 Å². The van der Waals surface area contributed by atoms with Crippen molar-refractivity contribution in [2.45, 2.75) is 31.2 Å². The van der Waals surface area contributed by atoms with Crippen molar-refractivity contribution in [3.05, 3.63) is 0 Å². The minimum Gasteiger partial charge on any atom is -0.480 e. The molecule has 0 saturated carbocycles. The van der Waals surface area contributed by atoms with E-state index in [-0.39, 0.29) is 19.6 Å². The zero-order valence-corrected chi connectivity index (χ0v) is 9.69. The van der Waals surface area contributed by atoms with Crippen molar-refractivity contribution in [2.75, 3.05) is 26.3 Å². The van der Waals surface area contributed by atoms with E-state index in [0.29, 0.717) is 13.0 Å². The van der Waals surface area contributed by atoms with Gasteiger partial charge in [0.25, 0.3) is 0 Å². The number of carbonyl (C=O) groups is 1. The Bertz CT molecular complexity index is 285. The van der Waals surface area contributed by atoms with E-state index in [9.17, 15) is 23.1 Å². The molecular formula is C10H16F3NO4. The van der Waals surface area contributed by atoms with Gasteiger partial charge in [-0.25, -0.2) is 0 Å². The first-order valence-corrected chi connectivity index (χ1v) is 5.59. The van der Waals surface area contributed by atoms with Crippen molar-refractivity contribution < 1.29 is 32.9 Å². The Hall–Kier alpha value is -0.860. The van der Waals surface area contributed by atoms with Gasteiger partial charge in [0.15, 0.2) is 0 Å². The Morgan fingerprint density at radius 1 is 1.44 bits per heavy atom. The number of aliphatic hydroxyl groups is 1. The Balaban J connectivity index is 2.20. The number of aliphatic hydroxyl groups excluding tert-OH is 1. The van der Waals surface area contributed by atoms with Crippen molar-refractivity contribution in [2.24, 2.45) is 0 Å². The Morgan fingerprint density at radius 3 is 2.67 bits per heavy atom. The van der Waals surface area contributed by atoms with Gasteiger partial charge in [-0.05, 0) is 6.42 Å². The molecular weight excluding hydrogens is 255 g/mol. The van der Waals surface area contributed by atoms with Crippen LogP contribution in [-0.2, 0) is 9.53 Å². The zero-order chi connectivity index (χ0) is 13.8. The van der Waals surface area contributed by atoms with E-state index in [1.807, 2.05) is 0 Å². The molecule has 5 nitrogen and oxygen atoms in total. The second kappa shape index (κ2) is 6.35. The van der Waals surface area contributed by atoms with Crippen LogP contribution in [0.15, 0.2) is 0 Å². The zero-order valence-electron chi connectivity index (χ0n) is 9.69. The Labute approximate surface area is 102 Å². The molecule has 18 heavy (non-hydrogen) atoms. The molecule has 0 aromatic rings. The molecule has 0 amide bonds. The van der Waals surface area contributed by atoms with Gasteiger partial charge in [-0.3, -0.25) is 9.69 Å². The van der Waals surface area contributed by atoms with E-state index in [1.54, 1.807) is 4.90 Å². The molecule has 0 radical (unpaired) electrons. The summed E-state index contributed by atoms with van der Waals surface area (Å²) < 4.78 is 39.7. The first-order chi connectivity index (χ1) is 8.29. The third kappa shape index (κ3) is 5.19. The fourth-order valence-corrected chi connectivity index (χ4v) is 1.94. The van der Waals surface area contributed by atoms with Crippen molar-refractivity contribution in [1.29, 1.82) is 0 Å². The number of nitrogens with zero attached hydrogens (tertiary/aromatic N) is 1. The van der Waals surface area contributed by atoms with Gasteiger partial charge >= 0.3 is 12.1 Å². The minimum atomic E-state index is -4.34. The van der Waals surface area contributed by atoms with Gasteiger partial charge in [-0.15, -0.1) is 0 Å². The Morgan fingerprint density at radius 2 is 2.11 bits per heavy atom. The number of β-amino-alcohol motifs (C(OH)–C–C–N with tert-alkyl or cyclic N) is 1. The number of rotatable bonds is 6. The topological polar surface area (TPSA) is 70.0 Å². The number of carboxylic acid groups (broad SMARTS) is 1. The second-order valence-electron chi connectivity index (χ2n) is 4.26. The lowest BCUT2D eigenvalue weighted by molar-refractivity contribution is -0.174. The molecule has 106 valence electrons. The number of halogens is 3. The Kier molecular flexibility index (Phi) is 5.36. The van der Waals surface area contributed by atoms with Crippen molar-refractivity contribution in [3.63, 3.8) is 0 Å². The van der Waals surface area contributed by atoms with Crippen LogP contribution in [0.4, 0.5) is 13.2 Å². The lowest BCUT2D eigenvalue weighted by atomic mass is 10.2. The number of ether oxygens (including phenoxy) is 1. The van der Waals surface area contributed by atoms with Crippen molar-refractivity contribution in [1.82, 2.24) is 4.90 Å². The van der Waals surface area contributed by atoms with E-state index in [2.05, 4.69) is 4.74 Å². The average molecular weight is 271 g/mol. The molecule has 1 heterocycles. The highest BCUT2D eigenvalue weighted by molar-refractivity contribution is 5.74. The molecule has 0 spiro atoms. The number of hydrogen-bond acceptors (Lipinski definition) is 4.